The first-order valence-corrected chi connectivity index (χ1v) is 9.02. The first-order chi connectivity index (χ1) is 13.4. The molecule has 2 aliphatic heterocycles. The molecule has 156 valence electrons. The molecule has 2 aromatic rings. The molecule has 29 heavy (non-hydrogen) atoms. The van der Waals surface area contributed by atoms with E-state index in [2.05, 4.69) is 25.7 Å². The number of carbonyl (C=O) groups is 2. The Morgan fingerprint density at radius 2 is 2.03 bits per heavy atom. The number of urea groups is 1. The number of aromatic nitrogens is 2. The van der Waals surface area contributed by atoms with Crippen LogP contribution in [0.4, 0.5) is 9.18 Å². The summed E-state index contributed by atoms with van der Waals surface area (Å²) in [5.74, 6) is -0.180. The van der Waals surface area contributed by atoms with E-state index in [9.17, 15) is 14.0 Å². The van der Waals surface area contributed by atoms with Gasteiger partial charge in [0, 0.05) is 19.6 Å². The summed E-state index contributed by atoms with van der Waals surface area (Å²) in [6.45, 7) is 3.90. The first kappa shape index (κ1) is 21.2. The Bertz CT molecular complexity index is 907. The van der Waals surface area contributed by atoms with Crippen molar-refractivity contribution in [3.05, 3.63) is 47.4 Å². The zero-order valence-corrected chi connectivity index (χ0v) is 16.8. The number of carbonyl (C=O) groups excluding carboxylic acids is 2. The third kappa shape index (κ3) is 3.83. The van der Waals surface area contributed by atoms with Gasteiger partial charge in [0.25, 0.3) is 5.91 Å². The summed E-state index contributed by atoms with van der Waals surface area (Å²) in [6, 6.07) is 4.87. The van der Waals surface area contributed by atoms with Gasteiger partial charge in [-0.2, -0.15) is 4.98 Å². The number of hydrogen-bond donors (Lipinski definition) is 2. The van der Waals surface area contributed by atoms with E-state index in [1.54, 1.807) is 6.92 Å². The number of nitrogens with zero attached hydrogens (tertiary/aromatic N) is 4. The lowest BCUT2D eigenvalue weighted by molar-refractivity contribution is -0.131. The first-order valence-electron chi connectivity index (χ1n) is 9.02. The molecule has 0 bridgehead atoms. The predicted octanol–water partition coefficient (Wildman–Crippen LogP) is 1.17. The van der Waals surface area contributed by atoms with E-state index in [0.717, 1.165) is 18.0 Å². The number of piperazine rings is 1. The molecule has 4 rings (SSSR count). The second-order valence-corrected chi connectivity index (χ2v) is 7.20. The highest BCUT2D eigenvalue weighted by Crippen LogP contribution is 2.30. The summed E-state index contributed by atoms with van der Waals surface area (Å²) in [5, 5.41) is 9.95. The van der Waals surface area contributed by atoms with Gasteiger partial charge in [0.2, 0.25) is 5.89 Å². The fourth-order valence-corrected chi connectivity index (χ4v) is 3.52. The van der Waals surface area contributed by atoms with Gasteiger partial charge < -0.3 is 15.2 Å². The lowest BCUT2D eigenvalue weighted by Gasteiger charge is -2.30. The van der Waals surface area contributed by atoms with Gasteiger partial charge in [-0.25, -0.2) is 9.18 Å². The SMILES string of the molecule is CN1CCNCC1c1noc(CN2C(=O)NC(C)(c3ccc(F)cc3)C2=O)n1.Cl. The van der Waals surface area contributed by atoms with E-state index >= 15 is 0 Å². The molecule has 3 amide bonds. The van der Waals surface area contributed by atoms with Crippen molar-refractivity contribution < 1.29 is 18.5 Å². The van der Waals surface area contributed by atoms with Crippen LogP contribution in [0.3, 0.4) is 0 Å². The lowest BCUT2D eigenvalue weighted by Crippen LogP contribution is -2.44. The average molecular weight is 425 g/mol. The van der Waals surface area contributed by atoms with Crippen LogP contribution in [0.1, 0.15) is 30.2 Å². The molecule has 0 aliphatic carbocycles. The Kier molecular flexibility index (Phi) is 5.87. The van der Waals surface area contributed by atoms with Crippen LogP contribution in [-0.2, 0) is 16.9 Å². The Labute approximate surface area is 173 Å². The number of likely N-dealkylation sites (N-methyl/N-ethyl adjacent to an activating group) is 1. The van der Waals surface area contributed by atoms with Crippen LogP contribution in [0.2, 0.25) is 0 Å². The molecule has 2 fully saturated rings. The number of nitrogens with one attached hydrogen (secondary N) is 2. The van der Waals surface area contributed by atoms with Crippen LogP contribution in [0.15, 0.2) is 28.8 Å². The van der Waals surface area contributed by atoms with Crippen molar-refractivity contribution in [1.82, 2.24) is 30.6 Å². The number of imide groups is 1. The van der Waals surface area contributed by atoms with Crippen LogP contribution < -0.4 is 10.6 Å². The third-order valence-electron chi connectivity index (χ3n) is 5.28. The van der Waals surface area contributed by atoms with Gasteiger partial charge in [0.1, 0.15) is 17.9 Å². The molecule has 2 atom stereocenters. The van der Waals surface area contributed by atoms with E-state index in [1.165, 1.54) is 24.3 Å². The van der Waals surface area contributed by atoms with Crippen molar-refractivity contribution in [3.8, 4) is 0 Å². The Hall–Kier alpha value is -2.56. The number of rotatable bonds is 4. The summed E-state index contributed by atoms with van der Waals surface area (Å²) in [4.78, 5) is 32.9. The molecule has 2 saturated heterocycles. The Morgan fingerprint density at radius 3 is 2.72 bits per heavy atom. The smallest absolute Gasteiger partial charge is 0.325 e. The number of amides is 3. The zero-order valence-electron chi connectivity index (χ0n) is 16.0. The van der Waals surface area contributed by atoms with E-state index in [4.69, 9.17) is 4.52 Å². The number of benzene rings is 1. The molecule has 0 saturated carbocycles. The fraction of sp³-hybridized carbons (Fsp3) is 0.444. The van der Waals surface area contributed by atoms with Crippen molar-refractivity contribution in [2.45, 2.75) is 25.0 Å². The van der Waals surface area contributed by atoms with Gasteiger partial charge in [0.05, 0.1) is 6.04 Å². The second kappa shape index (κ2) is 8.05. The van der Waals surface area contributed by atoms with Crippen molar-refractivity contribution in [3.63, 3.8) is 0 Å². The minimum Gasteiger partial charge on any atom is -0.337 e. The van der Waals surface area contributed by atoms with Crippen molar-refractivity contribution in [2.75, 3.05) is 26.7 Å². The van der Waals surface area contributed by atoms with Crippen molar-refractivity contribution in [1.29, 1.82) is 0 Å². The largest absolute Gasteiger partial charge is 0.337 e. The van der Waals surface area contributed by atoms with E-state index in [-0.39, 0.29) is 30.9 Å². The molecule has 0 spiro atoms. The maximum absolute atomic E-state index is 13.2. The summed E-state index contributed by atoms with van der Waals surface area (Å²) in [6.07, 6.45) is 0. The number of hydrogen-bond acceptors (Lipinski definition) is 7. The molecule has 1 aromatic carbocycles. The highest BCUT2D eigenvalue weighted by Gasteiger charge is 2.49. The quantitative estimate of drug-likeness (QED) is 0.710. The van der Waals surface area contributed by atoms with E-state index < -0.39 is 23.3 Å². The van der Waals surface area contributed by atoms with Crippen molar-refractivity contribution >= 4 is 24.3 Å². The summed E-state index contributed by atoms with van der Waals surface area (Å²) in [7, 11) is 1.98. The number of halogens is 2. The summed E-state index contributed by atoms with van der Waals surface area (Å²) in [5.41, 5.74) is -0.780. The standard InChI is InChI=1S/C18H21FN6O3.ClH/c1-18(11-3-5-12(19)6-4-11)16(26)25(17(27)22-18)10-14-21-15(23-28-14)13-9-20-7-8-24(13)2;/h3-6,13,20H,7-10H2,1-2H3,(H,22,27);1H. The van der Waals surface area contributed by atoms with Crippen LogP contribution in [0, 0.1) is 5.82 Å². The minimum absolute atomic E-state index is 0. The zero-order chi connectivity index (χ0) is 19.9. The molecular formula is C18H22ClFN6O3. The van der Waals surface area contributed by atoms with Gasteiger partial charge in [-0.1, -0.05) is 17.3 Å². The minimum atomic E-state index is -1.28. The molecule has 11 heteroatoms. The van der Waals surface area contributed by atoms with Crippen LogP contribution in [-0.4, -0.2) is 58.6 Å². The third-order valence-corrected chi connectivity index (χ3v) is 5.28. The van der Waals surface area contributed by atoms with Crippen LogP contribution in [0.5, 0.6) is 0 Å². The average Bonchev–Trinajstić information content (AvgIpc) is 3.22. The predicted molar refractivity (Wildman–Crippen MR) is 103 cm³/mol. The summed E-state index contributed by atoms with van der Waals surface area (Å²) < 4.78 is 18.5. The van der Waals surface area contributed by atoms with E-state index in [1.807, 2.05) is 7.05 Å². The molecular weight excluding hydrogens is 403 g/mol. The monoisotopic (exact) mass is 424 g/mol. The van der Waals surface area contributed by atoms with Gasteiger partial charge in [0.15, 0.2) is 5.82 Å². The molecule has 0 radical (unpaired) electrons. The molecule has 1 aromatic heterocycles. The van der Waals surface area contributed by atoms with Crippen molar-refractivity contribution in [2.24, 2.45) is 0 Å². The molecule has 9 nitrogen and oxygen atoms in total. The van der Waals surface area contributed by atoms with Gasteiger partial charge in [-0.15, -0.1) is 12.4 Å². The lowest BCUT2D eigenvalue weighted by atomic mass is 9.92. The Morgan fingerprint density at radius 1 is 1.31 bits per heavy atom. The van der Waals surface area contributed by atoms with E-state index in [0.29, 0.717) is 17.9 Å². The highest BCUT2D eigenvalue weighted by molar-refractivity contribution is 6.07. The molecule has 2 aliphatic rings. The normalized spacial score (nSPS) is 25.1. The molecule has 3 heterocycles. The summed E-state index contributed by atoms with van der Waals surface area (Å²) >= 11 is 0. The highest BCUT2D eigenvalue weighted by atomic mass is 35.5. The Balaban J connectivity index is 0.00000240. The van der Waals surface area contributed by atoms with Gasteiger partial charge in [-0.05, 0) is 31.7 Å². The topological polar surface area (TPSA) is 104 Å². The maximum atomic E-state index is 13.2. The fourth-order valence-electron chi connectivity index (χ4n) is 3.52. The van der Waals surface area contributed by atoms with Crippen LogP contribution in [0.25, 0.3) is 0 Å². The molecule has 2 N–H and O–H groups in total. The van der Waals surface area contributed by atoms with Gasteiger partial charge >= 0.3 is 6.03 Å². The van der Waals surface area contributed by atoms with Gasteiger partial charge in [-0.3, -0.25) is 14.6 Å². The molecule has 2 unspecified atom stereocenters. The maximum Gasteiger partial charge on any atom is 0.325 e. The second-order valence-electron chi connectivity index (χ2n) is 7.20. The van der Waals surface area contributed by atoms with Crippen LogP contribution >= 0.6 is 12.4 Å².